The van der Waals surface area contributed by atoms with Crippen molar-refractivity contribution in [3.63, 3.8) is 0 Å². The monoisotopic (exact) mass is 565 g/mol. The van der Waals surface area contributed by atoms with Gasteiger partial charge in [0.1, 0.15) is 28.2 Å². The molecule has 0 radical (unpaired) electrons. The first kappa shape index (κ1) is 27.0. The van der Waals surface area contributed by atoms with Crippen LogP contribution in [-0.2, 0) is 21.3 Å². The van der Waals surface area contributed by atoms with Gasteiger partial charge in [0.15, 0.2) is 4.90 Å². The Bertz CT molecular complexity index is 1730. The van der Waals surface area contributed by atoms with E-state index >= 15 is 0 Å². The molecule has 14 heteroatoms. The van der Waals surface area contributed by atoms with E-state index in [2.05, 4.69) is 15.5 Å². The summed E-state index contributed by atoms with van der Waals surface area (Å²) in [5, 5.41) is 31.8. The van der Waals surface area contributed by atoms with Gasteiger partial charge in [-0.05, 0) is 35.9 Å². The highest BCUT2D eigenvalue weighted by Crippen LogP contribution is 2.29. The fourth-order valence-electron chi connectivity index (χ4n) is 3.28. The van der Waals surface area contributed by atoms with E-state index in [1.807, 2.05) is 0 Å². The van der Waals surface area contributed by atoms with E-state index < -0.39 is 37.1 Å². The summed E-state index contributed by atoms with van der Waals surface area (Å²) >= 11 is 1.06. The smallest absolute Gasteiger partial charge is 0.346 e. The summed E-state index contributed by atoms with van der Waals surface area (Å²) in [6.07, 6.45) is 1.47. The molecule has 39 heavy (non-hydrogen) atoms. The van der Waals surface area contributed by atoms with Crippen molar-refractivity contribution in [3.8, 4) is 11.8 Å². The number of nitriles is 1. The maximum Gasteiger partial charge on any atom is 0.346 e. The second-order valence-electron chi connectivity index (χ2n) is 7.73. The van der Waals surface area contributed by atoms with Crippen LogP contribution in [0, 0.1) is 27.3 Å². The minimum absolute atomic E-state index is 0.0561. The number of anilines is 1. The minimum atomic E-state index is -4.64. The fourth-order valence-corrected chi connectivity index (χ4v) is 5.17. The molecule has 4 rings (SSSR count). The predicted octanol–water partition coefficient (Wildman–Crippen LogP) is 4.49. The Balaban J connectivity index is 1.54. The molecular weight excluding hydrogens is 549 g/mol. The molecule has 0 aliphatic heterocycles. The van der Waals surface area contributed by atoms with Crippen LogP contribution in [0.15, 0.2) is 83.3 Å². The second kappa shape index (κ2) is 11.6. The number of amides is 1. The van der Waals surface area contributed by atoms with Crippen LogP contribution in [0.25, 0.3) is 6.08 Å². The highest BCUT2D eigenvalue weighted by molar-refractivity contribution is 7.87. The third-order valence-corrected chi connectivity index (χ3v) is 7.19. The van der Waals surface area contributed by atoms with Crippen LogP contribution >= 0.6 is 11.3 Å². The van der Waals surface area contributed by atoms with Gasteiger partial charge in [0.25, 0.3) is 11.6 Å². The van der Waals surface area contributed by atoms with Crippen LogP contribution in [0.3, 0.4) is 0 Å². The zero-order valence-corrected chi connectivity index (χ0v) is 21.3. The van der Waals surface area contributed by atoms with Gasteiger partial charge in [0.05, 0.1) is 4.92 Å². The van der Waals surface area contributed by atoms with E-state index in [0.717, 1.165) is 35.1 Å². The van der Waals surface area contributed by atoms with Gasteiger partial charge in [-0.1, -0.05) is 53.8 Å². The lowest BCUT2D eigenvalue weighted by atomic mass is 10.1. The lowest BCUT2D eigenvalue weighted by molar-refractivity contribution is -0.387. The van der Waals surface area contributed by atoms with Crippen molar-refractivity contribution in [1.82, 2.24) is 10.2 Å². The highest BCUT2D eigenvalue weighted by atomic mass is 32.2. The number of nitro benzene ring substituents is 1. The van der Waals surface area contributed by atoms with Gasteiger partial charge in [-0.15, -0.1) is 10.2 Å². The molecule has 0 spiro atoms. The molecule has 0 unspecified atom stereocenters. The van der Waals surface area contributed by atoms with Crippen LogP contribution in [-0.4, -0.2) is 29.4 Å². The molecule has 1 N–H and O–H groups in total. The minimum Gasteiger partial charge on any atom is -0.378 e. The summed E-state index contributed by atoms with van der Waals surface area (Å²) in [5.74, 6) is -1.46. The van der Waals surface area contributed by atoms with Gasteiger partial charge < -0.3 is 4.18 Å². The molecule has 0 aliphatic carbocycles. The number of rotatable bonds is 9. The normalized spacial score (nSPS) is 11.4. The van der Waals surface area contributed by atoms with Gasteiger partial charge in [-0.2, -0.15) is 13.7 Å². The van der Waals surface area contributed by atoms with E-state index in [0.29, 0.717) is 11.4 Å². The maximum atomic E-state index is 13.1. The molecule has 0 saturated carbocycles. The second-order valence-corrected chi connectivity index (χ2v) is 10.3. The van der Waals surface area contributed by atoms with E-state index in [-0.39, 0.29) is 22.3 Å². The van der Waals surface area contributed by atoms with Crippen molar-refractivity contribution in [2.75, 3.05) is 5.32 Å². The number of hydrogen-bond donors (Lipinski definition) is 1. The topological polar surface area (TPSA) is 165 Å². The van der Waals surface area contributed by atoms with E-state index in [1.54, 1.807) is 18.2 Å². The zero-order chi connectivity index (χ0) is 28.0. The average molecular weight is 566 g/mol. The highest BCUT2D eigenvalue weighted by Gasteiger charge is 2.28. The third kappa shape index (κ3) is 6.66. The number of para-hydroxylation sites is 2. The summed E-state index contributed by atoms with van der Waals surface area (Å²) in [4.78, 5) is 22.5. The Hall–Kier alpha value is -5.00. The Morgan fingerprint density at radius 2 is 1.79 bits per heavy atom. The van der Waals surface area contributed by atoms with Crippen LogP contribution in [0.4, 0.5) is 15.2 Å². The van der Waals surface area contributed by atoms with E-state index in [1.165, 1.54) is 48.5 Å². The fraction of sp³-hybridized carbons (Fsp3) is 0.0400. The molecule has 0 fully saturated rings. The van der Waals surface area contributed by atoms with Gasteiger partial charge in [-0.25, -0.2) is 4.39 Å². The molecular formula is C25H16FN5O6S2. The van der Waals surface area contributed by atoms with Crippen molar-refractivity contribution in [3.05, 3.63) is 110 Å². The Kier molecular flexibility index (Phi) is 8.04. The zero-order valence-electron chi connectivity index (χ0n) is 19.6. The molecule has 0 aliphatic rings. The van der Waals surface area contributed by atoms with Crippen molar-refractivity contribution in [2.24, 2.45) is 0 Å². The largest absolute Gasteiger partial charge is 0.378 e. The third-order valence-electron chi connectivity index (χ3n) is 5.07. The van der Waals surface area contributed by atoms with Crippen LogP contribution in [0.1, 0.15) is 16.1 Å². The Labute approximate surface area is 225 Å². The number of halogens is 1. The van der Waals surface area contributed by atoms with Crippen LogP contribution < -0.4 is 9.50 Å². The van der Waals surface area contributed by atoms with Crippen LogP contribution in [0.2, 0.25) is 0 Å². The number of carbonyl (C=O) groups excluding carboxylic acids is 1. The molecule has 0 saturated heterocycles. The van der Waals surface area contributed by atoms with E-state index in [4.69, 9.17) is 4.18 Å². The molecule has 4 aromatic rings. The Morgan fingerprint density at radius 1 is 1.10 bits per heavy atom. The predicted molar refractivity (Wildman–Crippen MR) is 139 cm³/mol. The van der Waals surface area contributed by atoms with Gasteiger partial charge in [-0.3, -0.25) is 20.2 Å². The first-order valence-electron chi connectivity index (χ1n) is 10.9. The number of carbonyl (C=O) groups is 1. The lowest BCUT2D eigenvalue weighted by Crippen LogP contribution is -2.14. The summed E-state index contributed by atoms with van der Waals surface area (Å²) in [6, 6.07) is 17.9. The SMILES string of the molecule is N#C/C(=C\c1ccccc1OS(=O)(=O)c1ccccc1[N+](=O)[O-])C(=O)Nc1nnc(Cc2ccc(F)cc2)s1. The van der Waals surface area contributed by atoms with Crippen molar-refractivity contribution in [2.45, 2.75) is 11.3 Å². The number of nitrogens with zero attached hydrogens (tertiary/aromatic N) is 4. The lowest BCUT2D eigenvalue weighted by Gasteiger charge is -2.10. The molecule has 196 valence electrons. The number of nitrogens with one attached hydrogen (secondary N) is 1. The summed E-state index contributed by atoms with van der Waals surface area (Å²) in [5.41, 5.74) is -0.223. The molecule has 0 bridgehead atoms. The van der Waals surface area contributed by atoms with E-state index in [9.17, 15) is 33.0 Å². The maximum absolute atomic E-state index is 13.1. The molecule has 1 aromatic heterocycles. The molecule has 1 amide bonds. The summed E-state index contributed by atoms with van der Waals surface area (Å²) < 4.78 is 43.9. The van der Waals surface area contributed by atoms with Crippen molar-refractivity contribution >= 4 is 44.3 Å². The molecule has 1 heterocycles. The number of hydrogen-bond acceptors (Lipinski definition) is 10. The van der Waals surface area contributed by atoms with Gasteiger partial charge in [0.2, 0.25) is 5.13 Å². The summed E-state index contributed by atoms with van der Waals surface area (Å²) in [7, 11) is -4.64. The average Bonchev–Trinajstić information content (AvgIpc) is 3.35. The van der Waals surface area contributed by atoms with Crippen molar-refractivity contribution < 1.29 is 26.7 Å². The number of benzene rings is 3. The van der Waals surface area contributed by atoms with Gasteiger partial charge in [0, 0.05) is 18.1 Å². The first-order chi connectivity index (χ1) is 18.7. The van der Waals surface area contributed by atoms with Crippen molar-refractivity contribution in [1.29, 1.82) is 5.26 Å². The Morgan fingerprint density at radius 3 is 2.51 bits per heavy atom. The van der Waals surface area contributed by atoms with Crippen LogP contribution in [0.5, 0.6) is 5.75 Å². The number of nitro groups is 1. The standard InChI is InChI=1S/C25H16FN5O6S2/c26-19-11-9-16(10-12-19)13-23-29-30-25(38-23)28-24(32)18(15-27)14-17-5-1-3-7-21(17)37-39(35,36)22-8-4-2-6-20(22)31(33)34/h1-12,14H,13H2,(H,28,30,32)/b18-14+. The quantitative estimate of drug-likeness (QED) is 0.101. The molecule has 0 atom stereocenters. The van der Waals surface area contributed by atoms with Gasteiger partial charge >= 0.3 is 10.1 Å². The molecule has 3 aromatic carbocycles. The first-order valence-corrected chi connectivity index (χ1v) is 13.2. The number of aromatic nitrogens is 2. The molecule has 11 nitrogen and oxygen atoms in total. The summed E-state index contributed by atoms with van der Waals surface area (Å²) in [6.45, 7) is 0.